The second-order valence-corrected chi connectivity index (χ2v) is 5.51. The molecule has 22 heavy (non-hydrogen) atoms. The number of imidazole rings is 1. The molecule has 0 saturated heterocycles. The van der Waals surface area contributed by atoms with Gasteiger partial charge < -0.3 is 9.88 Å². The van der Waals surface area contributed by atoms with Crippen LogP contribution in [0.5, 0.6) is 0 Å². The second kappa shape index (κ2) is 5.32. The molecular formula is C15H20N6O. The fourth-order valence-corrected chi connectivity index (χ4v) is 2.72. The van der Waals surface area contributed by atoms with Crippen molar-refractivity contribution < 1.29 is 4.79 Å². The van der Waals surface area contributed by atoms with Gasteiger partial charge in [-0.05, 0) is 20.8 Å². The van der Waals surface area contributed by atoms with Crippen molar-refractivity contribution in [2.24, 2.45) is 7.05 Å². The van der Waals surface area contributed by atoms with Gasteiger partial charge in [-0.25, -0.2) is 4.52 Å². The zero-order valence-corrected chi connectivity index (χ0v) is 13.3. The third kappa shape index (κ3) is 2.38. The molecule has 3 heterocycles. The first-order valence-electron chi connectivity index (χ1n) is 7.27. The summed E-state index contributed by atoms with van der Waals surface area (Å²) in [5.41, 5.74) is 4.31. The third-order valence-corrected chi connectivity index (χ3v) is 3.89. The van der Waals surface area contributed by atoms with Gasteiger partial charge in [0.05, 0.1) is 17.0 Å². The van der Waals surface area contributed by atoms with Crippen LogP contribution < -0.4 is 5.32 Å². The highest BCUT2D eigenvalue weighted by molar-refractivity contribution is 5.96. The molecule has 3 aromatic heterocycles. The third-order valence-electron chi connectivity index (χ3n) is 3.89. The summed E-state index contributed by atoms with van der Waals surface area (Å²) in [6.07, 6.45) is 3.88. The Kier molecular flexibility index (Phi) is 3.48. The number of hydrogen-bond donors (Lipinski definition) is 1. The molecule has 0 aliphatic rings. The van der Waals surface area contributed by atoms with Crippen molar-refractivity contribution in [2.75, 3.05) is 6.54 Å². The SMILES string of the molecule is Cc1cc2n(CCNC(=O)c3c(C)nn(C)c3C)ccn2n1. The molecule has 3 rings (SSSR count). The van der Waals surface area contributed by atoms with E-state index in [4.69, 9.17) is 0 Å². The van der Waals surface area contributed by atoms with Gasteiger partial charge in [-0.3, -0.25) is 9.48 Å². The average molecular weight is 300 g/mol. The molecule has 3 aromatic rings. The molecule has 0 unspecified atom stereocenters. The molecular weight excluding hydrogens is 280 g/mol. The number of aromatic nitrogens is 5. The highest BCUT2D eigenvalue weighted by Crippen LogP contribution is 2.11. The minimum Gasteiger partial charge on any atom is -0.350 e. The quantitative estimate of drug-likeness (QED) is 0.788. The average Bonchev–Trinajstić information content (AvgIpc) is 3.05. The molecule has 7 heteroatoms. The molecule has 0 fully saturated rings. The van der Waals surface area contributed by atoms with Crippen molar-refractivity contribution in [3.63, 3.8) is 0 Å². The van der Waals surface area contributed by atoms with Crippen LogP contribution in [-0.4, -0.2) is 36.4 Å². The van der Waals surface area contributed by atoms with Crippen LogP contribution in [0.4, 0.5) is 0 Å². The van der Waals surface area contributed by atoms with Gasteiger partial charge in [-0.15, -0.1) is 0 Å². The van der Waals surface area contributed by atoms with Gasteiger partial charge >= 0.3 is 0 Å². The Hall–Kier alpha value is -2.57. The lowest BCUT2D eigenvalue weighted by atomic mass is 10.2. The molecule has 0 aliphatic heterocycles. The lowest BCUT2D eigenvalue weighted by Crippen LogP contribution is -2.28. The highest BCUT2D eigenvalue weighted by Gasteiger charge is 2.16. The fraction of sp³-hybridized carbons (Fsp3) is 0.400. The topological polar surface area (TPSA) is 69.2 Å². The molecule has 0 spiro atoms. The van der Waals surface area contributed by atoms with Crippen molar-refractivity contribution in [3.8, 4) is 0 Å². The molecule has 7 nitrogen and oxygen atoms in total. The van der Waals surface area contributed by atoms with Gasteiger partial charge in [-0.2, -0.15) is 10.2 Å². The van der Waals surface area contributed by atoms with E-state index in [1.807, 2.05) is 50.8 Å². The Morgan fingerprint density at radius 3 is 2.68 bits per heavy atom. The van der Waals surface area contributed by atoms with Crippen LogP contribution in [0.15, 0.2) is 18.5 Å². The Balaban J connectivity index is 1.66. The summed E-state index contributed by atoms with van der Waals surface area (Å²) in [6.45, 7) is 6.98. The second-order valence-electron chi connectivity index (χ2n) is 5.51. The molecule has 116 valence electrons. The van der Waals surface area contributed by atoms with E-state index in [-0.39, 0.29) is 5.91 Å². The monoisotopic (exact) mass is 300 g/mol. The molecule has 0 radical (unpaired) electrons. The van der Waals surface area contributed by atoms with Gasteiger partial charge in [0.15, 0.2) is 0 Å². The molecule has 0 aromatic carbocycles. The van der Waals surface area contributed by atoms with Gasteiger partial charge in [-0.1, -0.05) is 0 Å². The number of aryl methyl sites for hydroxylation is 3. The predicted octanol–water partition coefficient (Wildman–Crippen LogP) is 1.22. The molecule has 1 N–H and O–H groups in total. The first-order chi connectivity index (χ1) is 10.5. The van der Waals surface area contributed by atoms with E-state index in [9.17, 15) is 4.79 Å². The maximum atomic E-state index is 12.3. The zero-order valence-electron chi connectivity index (χ0n) is 13.3. The van der Waals surface area contributed by atoms with Gasteiger partial charge in [0, 0.05) is 44.3 Å². The number of nitrogens with one attached hydrogen (secondary N) is 1. The zero-order chi connectivity index (χ0) is 15.9. The summed E-state index contributed by atoms with van der Waals surface area (Å²) in [4.78, 5) is 12.3. The van der Waals surface area contributed by atoms with Crippen molar-refractivity contribution >= 4 is 11.6 Å². The van der Waals surface area contributed by atoms with Crippen LogP contribution in [0.2, 0.25) is 0 Å². The van der Waals surface area contributed by atoms with E-state index in [0.29, 0.717) is 18.7 Å². The first-order valence-corrected chi connectivity index (χ1v) is 7.27. The predicted molar refractivity (Wildman–Crippen MR) is 82.9 cm³/mol. The van der Waals surface area contributed by atoms with E-state index in [1.165, 1.54) is 0 Å². The Morgan fingerprint density at radius 2 is 2.00 bits per heavy atom. The summed E-state index contributed by atoms with van der Waals surface area (Å²) < 4.78 is 5.64. The van der Waals surface area contributed by atoms with Crippen LogP contribution in [0.25, 0.3) is 5.65 Å². The van der Waals surface area contributed by atoms with Gasteiger partial charge in [0.1, 0.15) is 5.65 Å². The summed E-state index contributed by atoms with van der Waals surface area (Å²) in [5, 5.41) is 11.6. The minimum atomic E-state index is -0.0732. The Bertz CT molecular complexity index is 838. The standard InChI is InChI=1S/C15H20N6O/c1-10-9-13-20(7-8-21(13)17-10)6-5-16-15(22)14-11(2)18-19(4)12(14)3/h7-9H,5-6H2,1-4H3,(H,16,22). The highest BCUT2D eigenvalue weighted by atomic mass is 16.1. The molecule has 1 amide bonds. The number of hydrogen-bond acceptors (Lipinski definition) is 3. The number of amides is 1. The van der Waals surface area contributed by atoms with E-state index < -0.39 is 0 Å². The lowest BCUT2D eigenvalue weighted by Gasteiger charge is -2.07. The van der Waals surface area contributed by atoms with Gasteiger partial charge in [0.2, 0.25) is 0 Å². The summed E-state index contributed by atoms with van der Waals surface area (Å²) in [6, 6.07) is 2.03. The van der Waals surface area contributed by atoms with Crippen LogP contribution in [0.3, 0.4) is 0 Å². The smallest absolute Gasteiger partial charge is 0.255 e. The van der Waals surface area contributed by atoms with Crippen molar-refractivity contribution in [3.05, 3.63) is 41.1 Å². The Morgan fingerprint density at radius 1 is 1.23 bits per heavy atom. The lowest BCUT2D eigenvalue weighted by molar-refractivity contribution is 0.0951. The van der Waals surface area contributed by atoms with E-state index in [1.54, 1.807) is 4.68 Å². The molecule has 0 atom stereocenters. The first kappa shape index (κ1) is 14.4. The molecule has 0 saturated carbocycles. The van der Waals surface area contributed by atoms with Crippen molar-refractivity contribution in [2.45, 2.75) is 27.3 Å². The van der Waals surface area contributed by atoms with Crippen LogP contribution >= 0.6 is 0 Å². The largest absolute Gasteiger partial charge is 0.350 e. The summed E-state index contributed by atoms with van der Waals surface area (Å²) >= 11 is 0. The van der Waals surface area contributed by atoms with E-state index in [2.05, 4.69) is 20.1 Å². The maximum Gasteiger partial charge on any atom is 0.255 e. The van der Waals surface area contributed by atoms with E-state index in [0.717, 1.165) is 22.7 Å². The van der Waals surface area contributed by atoms with E-state index >= 15 is 0 Å². The number of rotatable bonds is 4. The Labute approximate surface area is 128 Å². The van der Waals surface area contributed by atoms with Crippen LogP contribution in [0.1, 0.15) is 27.4 Å². The van der Waals surface area contributed by atoms with Gasteiger partial charge in [0.25, 0.3) is 5.91 Å². The number of carbonyl (C=O) groups is 1. The number of carbonyl (C=O) groups excluding carboxylic acids is 1. The maximum absolute atomic E-state index is 12.3. The summed E-state index contributed by atoms with van der Waals surface area (Å²) in [5.74, 6) is -0.0732. The number of fused-ring (bicyclic) bond motifs is 1. The van der Waals surface area contributed by atoms with Crippen LogP contribution in [0, 0.1) is 20.8 Å². The molecule has 0 aliphatic carbocycles. The molecule has 0 bridgehead atoms. The van der Waals surface area contributed by atoms with Crippen molar-refractivity contribution in [1.82, 2.24) is 29.3 Å². The van der Waals surface area contributed by atoms with Crippen LogP contribution in [-0.2, 0) is 13.6 Å². The fourth-order valence-electron chi connectivity index (χ4n) is 2.72. The van der Waals surface area contributed by atoms with Crippen molar-refractivity contribution in [1.29, 1.82) is 0 Å². The minimum absolute atomic E-state index is 0.0732. The normalized spacial score (nSPS) is 11.3. The number of nitrogens with zero attached hydrogens (tertiary/aromatic N) is 5. The summed E-state index contributed by atoms with van der Waals surface area (Å²) in [7, 11) is 1.84.